The van der Waals surface area contributed by atoms with Crippen molar-refractivity contribution in [3.8, 4) is 0 Å². The Kier molecular flexibility index (Phi) is 9.62. The van der Waals surface area contributed by atoms with Crippen LogP contribution in [0.4, 0.5) is 5.69 Å². The van der Waals surface area contributed by atoms with Gasteiger partial charge in [-0.25, -0.2) is 0 Å². The van der Waals surface area contributed by atoms with Crippen LogP contribution in [0.15, 0.2) is 35.3 Å². The van der Waals surface area contributed by atoms with E-state index < -0.39 is 0 Å². The second-order valence-electron chi connectivity index (χ2n) is 7.35. The Hall–Kier alpha value is -2.28. The lowest BCUT2D eigenvalue weighted by atomic mass is 10.1. The number of hydrogen-bond donors (Lipinski definition) is 2. The van der Waals surface area contributed by atoms with Crippen LogP contribution in [0.1, 0.15) is 20.3 Å². The molecule has 2 N–H and O–H groups in total. The molecule has 156 valence electrons. The number of nitrogens with one attached hydrogen (secondary N) is 2. The van der Waals surface area contributed by atoms with E-state index in [9.17, 15) is 4.79 Å². The quantitative estimate of drug-likeness (QED) is 0.381. The highest BCUT2D eigenvalue weighted by atomic mass is 16.5. The molecular weight excluding hydrogens is 354 g/mol. The van der Waals surface area contributed by atoms with Gasteiger partial charge in [0.25, 0.3) is 0 Å². The van der Waals surface area contributed by atoms with Crippen LogP contribution in [0.3, 0.4) is 0 Å². The lowest BCUT2D eigenvalue weighted by Crippen LogP contribution is -2.52. The number of hydrogen-bond acceptors (Lipinski definition) is 4. The van der Waals surface area contributed by atoms with Crippen molar-refractivity contribution < 1.29 is 9.53 Å². The van der Waals surface area contributed by atoms with Crippen molar-refractivity contribution in [1.29, 1.82) is 0 Å². The van der Waals surface area contributed by atoms with E-state index in [1.807, 2.05) is 23.1 Å². The second-order valence-corrected chi connectivity index (χ2v) is 7.35. The third kappa shape index (κ3) is 7.76. The number of guanidine groups is 1. The van der Waals surface area contributed by atoms with Gasteiger partial charge in [0.2, 0.25) is 5.91 Å². The molecule has 0 radical (unpaired) electrons. The number of aliphatic imine (C=N–C) groups is 1. The number of ether oxygens (including phenoxy) is 1. The van der Waals surface area contributed by atoms with Crippen molar-refractivity contribution >= 4 is 17.6 Å². The van der Waals surface area contributed by atoms with E-state index in [1.54, 1.807) is 7.05 Å². The zero-order valence-electron chi connectivity index (χ0n) is 17.5. The Morgan fingerprint density at radius 2 is 1.82 bits per heavy atom. The summed E-state index contributed by atoms with van der Waals surface area (Å²) in [5.41, 5.74) is 1.22. The van der Waals surface area contributed by atoms with Crippen molar-refractivity contribution in [3.63, 3.8) is 0 Å². The monoisotopic (exact) mass is 389 g/mol. The van der Waals surface area contributed by atoms with E-state index >= 15 is 0 Å². The zero-order valence-corrected chi connectivity index (χ0v) is 17.5. The van der Waals surface area contributed by atoms with Gasteiger partial charge in [0.15, 0.2) is 5.96 Å². The molecule has 1 aromatic rings. The van der Waals surface area contributed by atoms with Crippen molar-refractivity contribution in [1.82, 2.24) is 15.5 Å². The van der Waals surface area contributed by atoms with E-state index in [4.69, 9.17) is 4.74 Å². The van der Waals surface area contributed by atoms with Gasteiger partial charge in [-0.05, 0) is 24.5 Å². The molecule has 0 spiro atoms. The lowest BCUT2D eigenvalue weighted by molar-refractivity contribution is -0.130. The predicted octanol–water partition coefficient (Wildman–Crippen LogP) is 1.56. The number of nitrogens with zero attached hydrogens (tertiary/aromatic N) is 3. The molecule has 1 saturated heterocycles. The summed E-state index contributed by atoms with van der Waals surface area (Å²) < 4.78 is 5.58. The van der Waals surface area contributed by atoms with Gasteiger partial charge in [0.1, 0.15) is 0 Å². The first-order valence-corrected chi connectivity index (χ1v) is 10.2. The summed E-state index contributed by atoms with van der Waals surface area (Å²) in [6, 6.07) is 10.3. The molecule has 1 aliphatic heterocycles. The van der Waals surface area contributed by atoms with Crippen LogP contribution in [0.5, 0.6) is 0 Å². The molecule has 0 saturated carbocycles. The highest BCUT2D eigenvalue weighted by Crippen LogP contribution is 2.15. The average Bonchev–Trinajstić information content (AvgIpc) is 2.73. The number of rotatable bonds is 9. The molecule has 7 nitrogen and oxygen atoms in total. The Morgan fingerprint density at radius 1 is 1.11 bits per heavy atom. The van der Waals surface area contributed by atoms with Gasteiger partial charge in [-0.3, -0.25) is 9.79 Å². The molecule has 1 aliphatic rings. The van der Waals surface area contributed by atoms with Gasteiger partial charge in [0, 0.05) is 52.1 Å². The first-order valence-electron chi connectivity index (χ1n) is 10.2. The fourth-order valence-electron chi connectivity index (χ4n) is 3.01. The first kappa shape index (κ1) is 22.0. The summed E-state index contributed by atoms with van der Waals surface area (Å²) >= 11 is 0. The maximum atomic E-state index is 12.5. The third-order valence-corrected chi connectivity index (χ3v) is 4.76. The maximum absolute atomic E-state index is 12.5. The molecule has 2 rings (SSSR count). The van der Waals surface area contributed by atoms with E-state index in [0.29, 0.717) is 25.0 Å². The van der Waals surface area contributed by atoms with E-state index in [-0.39, 0.29) is 12.5 Å². The molecule has 7 heteroatoms. The number of piperazine rings is 1. The topological polar surface area (TPSA) is 69.2 Å². The molecular formula is C21H35N5O2. The molecule has 0 aliphatic carbocycles. The minimum Gasteiger partial charge on any atom is -0.380 e. The van der Waals surface area contributed by atoms with Crippen molar-refractivity contribution in [2.45, 2.75) is 20.3 Å². The Labute approximate surface area is 169 Å². The number of anilines is 1. The second kappa shape index (κ2) is 12.2. The predicted molar refractivity (Wildman–Crippen MR) is 115 cm³/mol. The lowest BCUT2D eigenvalue weighted by Gasteiger charge is -2.36. The smallest absolute Gasteiger partial charge is 0.242 e. The van der Waals surface area contributed by atoms with Crippen LogP contribution < -0.4 is 15.5 Å². The molecule has 28 heavy (non-hydrogen) atoms. The molecule has 1 heterocycles. The Morgan fingerprint density at radius 3 is 2.46 bits per heavy atom. The van der Waals surface area contributed by atoms with Gasteiger partial charge in [-0.1, -0.05) is 32.0 Å². The standard InChI is InChI=1S/C21H35N5O2/c1-18(2)9-15-28-16-10-23-21(22-3)24-17-20(27)26-13-11-25(12-14-26)19-7-5-4-6-8-19/h4-8,18H,9-17H2,1-3H3,(H2,22,23,24). The van der Waals surface area contributed by atoms with Crippen LogP contribution in [-0.4, -0.2) is 76.3 Å². The Bertz CT molecular complexity index is 598. The summed E-state index contributed by atoms with van der Waals surface area (Å²) in [6.07, 6.45) is 1.07. The summed E-state index contributed by atoms with van der Waals surface area (Å²) in [4.78, 5) is 20.9. The van der Waals surface area contributed by atoms with Gasteiger partial charge >= 0.3 is 0 Å². The highest BCUT2D eigenvalue weighted by molar-refractivity contribution is 5.86. The number of carbonyl (C=O) groups is 1. The van der Waals surface area contributed by atoms with Crippen molar-refractivity contribution in [3.05, 3.63) is 30.3 Å². The van der Waals surface area contributed by atoms with Crippen molar-refractivity contribution in [2.75, 3.05) is 64.4 Å². The Balaban J connectivity index is 1.62. The molecule has 1 amide bonds. The molecule has 1 aromatic carbocycles. The number of para-hydroxylation sites is 1. The fraction of sp³-hybridized carbons (Fsp3) is 0.619. The summed E-state index contributed by atoms with van der Waals surface area (Å²) in [5.74, 6) is 1.38. The summed E-state index contributed by atoms with van der Waals surface area (Å²) in [5, 5.41) is 6.28. The van der Waals surface area contributed by atoms with E-state index in [0.717, 1.165) is 39.2 Å². The van der Waals surface area contributed by atoms with Gasteiger partial charge in [-0.15, -0.1) is 0 Å². The van der Waals surface area contributed by atoms with Crippen LogP contribution in [0.25, 0.3) is 0 Å². The SMILES string of the molecule is CN=C(NCCOCCC(C)C)NCC(=O)N1CCN(c2ccccc2)CC1. The largest absolute Gasteiger partial charge is 0.380 e. The number of benzene rings is 1. The molecule has 0 atom stereocenters. The van der Waals surface area contributed by atoms with Crippen molar-refractivity contribution in [2.24, 2.45) is 10.9 Å². The molecule has 0 bridgehead atoms. The molecule has 1 fully saturated rings. The fourth-order valence-corrected chi connectivity index (χ4v) is 3.01. The summed E-state index contributed by atoms with van der Waals surface area (Å²) in [7, 11) is 1.71. The van der Waals surface area contributed by atoms with Gasteiger partial charge in [0.05, 0.1) is 13.2 Å². The highest BCUT2D eigenvalue weighted by Gasteiger charge is 2.21. The minimum atomic E-state index is 0.101. The maximum Gasteiger partial charge on any atom is 0.242 e. The first-order chi connectivity index (χ1) is 13.6. The van der Waals surface area contributed by atoms with Gasteiger partial charge < -0.3 is 25.2 Å². The van der Waals surface area contributed by atoms with E-state index in [1.165, 1.54) is 5.69 Å². The van der Waals surface area contributed by atoms with Gasteiger partial charge in [-0.2, -0.15) is 0 Å². The zero-order chi connectivity index (χ0) is 20.2. The average molecular weight is 390 g/mol. The van der Waals surface area contributed by atoms with Crippen LogP contribution in [0.2, 0.25) is 0 Å². The summed E-state index contributed by atoms with van der Waals surface area (Å²) in [6.45, 7) is 9.89. The number of carbonyl (C=O) groups excluding carboxylic acids is 1. The van der Waals surface area contributed by atoms with Crippen LogP contribution in [-0.2, 0) is 9.53 Å². The minimum absolute atomic E-state index is 0.101. The molecule has 0 unspecified atom stereocenters. The number of amides is 1. The van der Waals surface area contributed by atoms with Crippen LogP contribution >= 0.6 is 0 Å². The normalized spacial score (nSPS) is 15.1. The molecule has 0 aromatic heterocycles. The van der Waals surface area contributed by atoms with E-state index in [2.05, 4.69) is 46.5 Å². The third-order valence-electron chi connectivity index (χ3n) is 4.76. The van der Waals surface area contributed by atoms with Crippen LogP contribution in [0, 0.1) is 5.92 Å².